The molecule has 0 saturated heterocycles. The number of aryl methyl sites for hydroxylation is 1. The summed E-state index contributed by atoms with van der Waals surface area (Å²) in [5.41, 5.74) is 2.11. The number of methoxy groups -OCH3 is 2. The number of ether oxygens (including phenoxy) is 2. The summed E-state index contributed by atoms with van der Waals surface area (Å²) >= 11 is 0. The van der Waals surface area contributed by atoms with E-state index in [2.05, 4.69) is 4.98 Å². The van der Waals surface area contributed by atoms with Crippen LogP contribution in [-0.4, -0.2) is 24.3 Å². The Bertz CT molecular complexity index is 547. The summed E-state index contributed by atoms with van der Waals surface area (Å²) in [5, 5.41) is 10.6. The molecule has 1 N–H and O–H groups in total. The average molecular weight is 259 g/mol. The monoisotopic (exact) mass is 259 g/mol. The fourth-order valence-electron chi connectivity index (χ4n) is 2.07. The van der Waals surface area contributed by atoms with E-state index in [1.807, 2.05) is 25.1 Å². The second kappa shape index (κ2) is 5.71. The molecule has 1 aromatic carbocycles. The minimum absolute atomic E-state index is 0.580. The summed E-state index contributed by atoms with van der Waals surface area (Å²) in [4.78, 5) is 4.24. The molecule has 2 rings (SSSR count). The van der Waals surface area contributed by atoms with Gasteiger partial charge in [-0.2, -0.15) is 0 Å². The van der Waals surface area contributed by atoms with Crippen molar-refractivity contribution >= 4 is 0 Å². The lowest BCUT2D eigenvalue weighted by Gasteiger charge is -2.18. The molecule has 2 aromatic rings. The number of pyridine rings is 1. The lowest BCUT2D eigenvalue weighted by atomic mass is 10.0. The highest BCUT2D eigenvalue weighted by Crippen LogP contribution is 2.37. The average Bonchev–Trinajstić information content (AvgIpc) is 2.46. The molecular weight excluding hydrogens is 242 g/mol. The largest absolute Gasteiger partial charge is 0.496 e. The van der Waals surface area contributed by atoms with Crippen LogP contribution in [0.25, 0.3) is 0 Å². The van der Waals surface area contributed by atoms with Crippen molar-refractivity contribution in [2.24, 2.45) is 0 Å². The van der Waals surface area contributed by atoms with Gasteiger partial charge in [-0.05, 0) is 30.7 Å². The first kappa shape index (κ1) is 13.4. The van der Waals surface area contributed by atoms with Crippen molar-refractivity contribution in [3.05, 3.63) is 53.3 Å². The molecule has 19 heavy (non-hydrogen) atoms. The van der Waals surface area contributed by atoms with E-state index in [0.717, 1.165) is 5.56 Å². The minimum atomic E-state index is -0.882. The molecule has 0 saturated carbocycles. The fourth-order valence-corrected chi connectivity index (χ4v) is 2.07. The summed E-state index contributed by atoms with van der Waals surface area (Å²) in [5.74, 6) is 1.16. The molecule has 0 aliphatic rings. The Hall–Kier alpha value is -2.07. The molecule has 0 fully saturated rings. The molecular formula is C15H17NO3. The van der Waals surface area contributed by atoms with Crippen LogP contribution in [-0.2, 0) is 0 Å². The molecule has 4 nitrogen and oxygen atoms in total. The van der Waals surface area contributed by atoms with Crippen LogP contribution in [0.1, 0.15) is 22.9 Å². The van der Waals surface area contributed by atoms with E-state index in [-0.39, 0.29) is 0 Å². The van der Waals surface area contributed by atoms with Crippen LogP contribution in [0.4, 0.5) is 0 Å². The van der Waals surface area contributed by atoms with Gasteiger partial charge in [-0.1, -0.05) is 12.1 Å². The first-order chi connectivity index (χ1) is 9.19. The third-order valence-electron chi connectivity index (χ3n) is 3.05. The van der Waals surface area contributed by atoms with E-state index in [4.69, 9.17) is 9.47 Å². The Morgan fingerprint density at radius 2 is 1.68 bits per heavy atom. The first-order valence-electron chi connectivity index (χ1n) is 5.99. The van der Waals surface area contributed by atoms with Crippen molar-refractivity contribution in [3.8, 4) is 11.5 Å². The number of hydrogen-bond donors (Lipinski definition) is 1. The van der Waals surface area contributed by atoms with Crippen LogP contribution in [0.3, 0.4) is 0 Å². The van der Waals surface area contributed by atoms with Crippen LogP contribution in [0.15, 0.2) is 36.5 Å². The number of aliphatic hydroxyl groups is 1. The summed E-state index contributed by atoms with van der Waals surface area (Å²) in [6, 6.07) is 9.15. The van der Waals surface area contributed by atoms with Gasteiger partial charge in [-0.25, -0.2) is 0 Å². The predicted octanol–water partition coefficient (Wildman–Crippen LogP) is 2.49. The quantitative estimate of drug-likeness (QED) is 0.916. The topological polar surface area (TPSA) is 51.6 Å². The van der Waals surface area contributed by atoms with Gasteiger partial charge in [0.2, 0.25) is 0 Å². The lowest BCUT2D eigenvalue weighted by molar-refractivity contribution is 0.203. The summed E-state index contributed by atoms with van der Waals surface area (Å²) < 4.78 is 10.6. The molecule has 1 atom stereocenters. The van der Waals surface area contributed by atoms with Crippen LogP contribution in [0, 0.1) is 6.92 Å². The zero-order chi connectivity index (χ0) is 13.8. The number of benzene rings is 1. The second-order valence-corrected chi connectivity index (χ2v) is 4.18. The normalized spacial score (nSPS) is 12.0. The van der Waals surface area contributed by atoms with Gasteiger partial charge in [0.25, 0.3) is 0 Å². The van der Waals surface area contributed by atoms with E-state index in [1.54, 1.807) is 32.5 Å². The minimum Gasteiger partial charge on any atom is -0.496 e. The van der Waals surface area contributed by atoms with Crippen LogP contribution in [0.5, 0.6) is 11.5 Å². The summed E-state index contributed by atoms with van der Waals surface area (Å²) in [7, 11) is 3.13. The smallest absolute Gasteiger partial charge is 0.128 e. The Balaban J connectivity index is 2.55. The van der Waals surface area contributed by atoms with Crippen molar-refractivity contribution in [3.63, 3.8) is 0 Å². The van der Waals surface area contributed by atoms with Crippen molar-refractivity contribution in [2.75, 3.05) is 14.2 Å². The predicted molar refractivity (Wildman–Crippen MR) is 72.6 cm³/mol. The Morgan fingerprint density at radius 1 is 1.05 bits per heavy atom. The van der Waals surface area contributed by atoms with E-state index < -0.39 is 6.10 Å². The summed E-state index contributed by atoms with van der Waals surface area (Å²) in [6.07, 6.45) is 0.778. The van der Waals surface area contributed by atoms with Crippen LogP contribution < -0.4 is 9.47 Å². The molecule has 0 aliphatic heterocycles. The number of hydrogen-bond acceptors (Lipinski definition) is 4. The molecule has 0 amide bonds. The zero-order valence-corrected chi connectivity index (χ0v) is 11.3. The molecule has 0 aliphatic carbocycles. The van der Waals surface area contributed by atoms with Gasteiger partial charge >= 0.3 is 0 Å². The molecule has 0 spiro atoms. The maximum Gasteiger partial charge on any atom is 0.128 e. The first-order valence-corrected chi connectivity index (χ1v) is 5.99. The lowest BCUT2D eigenvalue weighted by Crippen LogP contribution is -2.08. The third-order valence-corrected chi connectivity index (χ3v) is 3.05. The fraction of sp³-hybridized carbons (Fsp3) is 0.267. The van der Waals surface area contributed by atoms with Gasteiger partial charge in [0.15, 0.2) is 0 Å². The van der Waals surface area contributed by atoms with Gasteiger partial charge in [0, 0.05) is 6.20 Å². The highest BCUT2D eigenvalue weighted by atomic mass is 16.5. The molecule has 100 valence electrons. The van der Waals surface area contributed by atoms with E-state index in [1.165, 1.54) is 0 Å². The van der Waals surface area contributed by atoms with Gasteiger partial charge < -0.3 is 14.6 Å². The van der Waals surface area contributed by atoms with Gasteiger partial charge in [-0.15, -0.1) is 0 Å². The number of rotatable bonds is 4. The van der Waals surface area contributed by atoms with Crippen molar-refractivity contribution in [1.29, 1.82) is 0 Å². The van der Waals surface area contributed by atoms with Gasteiger partial charge in [0.05, 0.1) is 25.5 Å². The zero-order valence-electron chi connectivity index (χ0n) is 11.3. The van der Waals surface area contributed by atoms with Gasteiger partial charge in [0.1, 0.15) is 17.6 Å². The van der Waals surface area contributed by atoms with E-state index in [9.17, 15) is 5.11 Å². The van der Waals surface area contributed by atoms with Crippen molar-refractivity contribution in [2.45, 2.75) is 13.0 Å². The number of aliphatic hydroxyl groups excluding tert-OH is 1. The Labute approximate surface area is 112 Å². The SMILES string of the molecule is COc1cccc(OC)c1C(O)c1ncccc1C. The summed E-state index contributed by atoms with van der Waals surface area (Å²) in [6.45, 7) is 1.91. The second-order valence-electron chi connectivity index (χ2n) is 4.18. The highest BCUT2D eigenvalue weighted by molar-refractivity contribution is 5.49. The maximum atomic E-state index is 10.6. The standard InChI is InChI=1S/C15H17NO3/c1-10-6-5-9-16-14(10)15(17)13-11(18-2)7-4-8-12(13)19-3/h4-9,15,17H,1-3H3. The van der Waals surface area contributed by atoms with Crippen LogP contribution >= 0.6 is 0 Å². The maximum absolute atomic E-state index is 10.6. The van der Waals surface area contributed by atoms with E-state index in [0.29, 0.717) is 22.8 Å². The van der Waals surface area contributed by atoms with Crippen molar-refractivity contribution in [1.82, 2.24) is 4.98 Å². The van der Waals surface area contributed by atoms with Gasteiger partial charge in [-0.3, -0.25) is 4.98 Å². The Morgan fingerprint density at radius 3 is 2.21 bits per heavy atom. The number of nitrogens with zero attached hydrogens (tertiary/aromatic N) is 1. The molecule has 0 bridgehead atoms. The molecule has 0 radical (unpaired) electrons. The highest BCUT2D eigenvalue weighted by Gasteiger charge is 2.22. The van der Waals surface area contributed by atoms with Crippen LogP contribution in [0.2, 0.25) is 0 Å². The molecule has 4 heteroatoms. The molecule has 1 aromatic heterocycles. The van der Waals surface area contributed by atoms with E-state index >= 15 is 0 Å². The number of aromatic nitrogens is 1. The third kappa shape index (κ3) is 2.53. The van der Waals surface area contributed by atoms with Crippen molar-refractivity contribution < 1.29 is 14.6 Å². The Kier molecular flexibility index (Phi) is 4.02. The molecule has 1 heterocycles. The molecule has 1 unspecified atom stereocenters.